The molecule has 2 aromatic rings. The minimum Gasteiger partial charge on any atom is -0.369 e. The van der Waals surface area contributed by atoms with Crippen molar-refractivity contribution in [2.45, 2.75) is 33.1 Å². The maximum Gasteiger partial charge on any atom is 0.0520 e. The molecular formula is C22H29ClN2. The van der Waals surface area contributed by atoms with Gasteiger partial charge in [0.05, 0.1) is 5.02 Å². The maximum absolute atomic E-state index is 6.85. The first-order valence-corrected chi connectivity index (χ1v) is 9.88. The fraction of sp³-hybridized carbons (Fsp3) is 0.455. The molecule has 0 aliphatic carbocycles. The van der Waals surface area contributed by atoms with Crippen molar-refractivity contribution < 1.29 is 0 Å². The SMILES string of the molecule is CCC(C)c1cc(N2CCN(CC)CC2)cc(-c2ccccc2)c1Cl. The number of halogens is 1. The second-order valence-electron chi connectivity index (χ2n) is 6.99. The molecule has 0 spiro atoms. The molecule has 1 aliphatic heterocycles. The van der Waals surface area contributed by atoms with Gasteiger partial charge in [-0.1, -0.05) is 62.7 Å². The first-order chi connectivity index (χ1) is 12.1. The number of anilines is 1. The van der Waals surface area contributed by atoms with Gasteiger partial charge in [0, 0.05) is 37.4 Å². The summed E-state index contributed by atoms with van der Waals surface area (Å²) >= 11 is 6.85. The highest BCUT2D eigenvalue weighted by Gasteiger charge is 2.20. The van der Waals surface area contributed by atoms with Gasteiger partial charge >= 0.3 is 0 Å². The number of hydrogen-bond donors (Lipinski definition) is 0. The van der Waals surface area contributed by atoms with E-state index in [0.717, 1.165) is 49.7 Å². The van der Waals surface area contributed by atoms with Gasteiger partial charge in [-0.25, -0.2) is 0 Å². The number of piperazine rings is 1. The predicted molar refractivity (Wildman–Crippen MR) is 110 cm³/mol. The molecule has 0 bridgehead atoms. The van der Waals surface area contributed by atoms with Crippen LogP contribution in [0.1, 0.15) is 38.7 Å². The molecular weight excluding hydrogens is 328 g/mol. The predicted octanol–water partition coefficient (Wildman–Crippen LogP) is 5.66. The summed E-state index contributed by atoms with van der Waals surface area (Å²) in [5, 5.41) is 0.913. The van der Waals surface area contributed by atoms with Crippen LogP contribution < -0.4 is 4.90 Å². The molecule has 1 saturated heterocycles. The lowest BCUT2D eigenvalue weighted by Gasteiger charge is -2.36. The summed E-state index contributed by atoms with van der Waals surface area (Å²) in [4.78, 5) is 5.03. The third-order valence-corrected chi connectivity index (χ3v) is 5.92. The molecule has 0 radical (unpaired) electrons. The van der Waals surface area contributed by atoms with Crippen LogP contribution in [0.5, 0.6) is 0 Å². The molecule has 1 atom stereocenters. The summed E-state index contributed by atoms with van der Waals surface area (Å²) in [6.45, 7) is 12.3. The van der Waals surface area contributed by atoms with Crippen LogP contribution in [0.2, 0.25) is 5.02 Å². The highest BCUT2D eigenvalue weighted by atomic mass is 35.5. The smallest absolute Gasteiger partial charge is 0.0520 e. The van der Waals surface area contributed by atoms with E-state index >= 15 is 0 Å². The van der Waals surface area contributed by atoms with E-state index in [9.17, 15) is 0 Å². The number of rotatable bonds is 5. The molecule has 0 saturated carbocycles. The zero-order chi connectivity index (χ0) is 17.8. The molecule has 1 unspecified atom stereocenters. The molecule has 2 aromatic carbocycles. The Bertz CT molecular complexity index is 691. The van der Waals surface area contributed by atoms with Crippen LogP contribution in [0.3, 0.4) is 0 Å². The van der Waals surface area contributed by atoms with Gasteiger partial charge in [-0.15, -0.1) is 0 Å². The van der Waals surface area contributed by atoms with E-state index in [4.69, 9.17) is 11.6 Å². The highest BCUT2D eigenvalue weighted by Crippen LogP contribution is 2.39. The molecule has 1 aliphatic rings. The van der Waals surface area contributed by atoms with Gasteiger partial charge in [-0.3, -0.25) is 0 Å². The van der Waals surface area contributed by atoms with Gasteiger partial charge in [0.1, 0.15) is 0 Å². The van der Waals surface area contributed by atoms with E-state index in [0.29, 0.717) is 5.92 Å². The quantitative estimate of drug-likeness (QED) is 0.681. The molecule has 25 heavy (non-hydrogen) atoms. The summed E-state index contributed by atoms with van der Waals surface area (Å²) in [5.74, 6) is 0.465. The Hall–Kier alpha value is -1.51. The Morgan fingerprint density at radius 3 is 2.28 bits per heavy atom. The van der Waals surface area contributed by atoms with Crippen LogP contribution in [0.4, 0.5) is 5.69 Å². The summed E-state index contributed by atoms with van der Waals surface area (Å²) < 4.78 is 0. The highest BCUT2D eigenvalue weighted by molar-refractivity contribution is 6.34. The van der Waals surface area contributed by atoms with E-state index in [2.05, 4.69) is 73.0 Å². The van der Waals surface area contributed by atoms with E-state index in [1.54, 1.807) is 0 Å². The van der Waals surface area contributed by atoms with Crippen molar-refractivity contribution in [2.24, 2.45) is 0 Å². The van der Waals surface area contributed by atoms with E-state index in [1.165, 1.54) is 16.8 Å². The number of benzene rings is 2. The third-order valence-electron chi connectivity index (χ3n) is 5.50. The Morgan fingerprint density at radius 1 is 1.00 bits per heavy atom. The topological polar surface area (TPSA) is 6.48 Å². The number of hydrogen-bond acceptors (Lipinski definition) is 2. The monoisotopic (exact) mass is 356 g/mol. The normalized spacial score (nSPS) is 16.9. The van der Waals surface area contributed by atoms with Crippen LogP contribution in [-0.2, 0) is 0 Å². The van der Waals surface area contributed by atoms with Crippen LogP contribution in [0.15, 0.2) is 42.5 Å². The minimum absolute atomic E-state index is 0.465. The minimum atomic E-state index is 0.465. The molecule has 1 heterocycles. The zero-order valence-corrected chi connectivity index (χ0v) is 16.4. The van der Waals surface area contributed by atoms with Crippen LogP contribution in [0.25, 0.3) is 11.1 Å². The average molecular weight is 357 g/mol. The third kappa shape index (κ3) is 4.02. The largest absolute Gasteiger partial charge is 0.369 e. The lowest BCUT2D eigenvalue weighted by atomic mass is 9.93. The van der Waals surface area contributed by atoms with Crippen molar-refractivity contribution in [3.05, 3.63) is 53.1 Å². The van der Waals surface area contributed by atoms with Gasteiger partial charge in [0.15, 0.2) is 0 Å². The molecule has 134 valence electrons. The molecule has 3 heteroatoms. The molecule has 0 amide bonds. The second kappa shape index (κ2) is 8.25. The molecule has 0 aromatic heterocycles. The number of likely N-dealkylation sites (N-methyl/N-ethyl adjacent to an activating group) is 1. The van der Waals surface area contributed by atoms with Gasteiger partial charge in [-0.2, -0.15) is 0 Å². The molecule has 2 nitrogen and oxygen atoms in total. The van der Waals surface area contributed by atoms with Crippen LogP contribution in [0, 0.1) is 0 Å². The lowest BCUT2D eigenvalue weighted by Crippen LogP contribution is -2.46. The van der Waals surface area contributed by atoms with Crippen LogP contribution >= 0.6 is 11.6 Å². The maximum atomic E-state index is 6.85. The van der Waals surface area contributed by atoms with Crippen molar-refractivity contribution >= 4 is 17.3 Å². The first-order valence-electron chi connectivity index (χ1n) is 9.50. The average Bonchev–Trinajstić information content (AvgIpc) is 2.68. The van der Waals surface area contributed by atoms with Crippen molar-refractivity contribution in [1.82, 2.24) is 4.90 Å². The Labute approximate surface area is 157 Å². The van der Waals surface area contributed by atoms with Crippen molar-refractivity contribution in [3.8, 4) is 11.1 Å². The van der Waals surface area contributed by atoms with Crippen LogP contribution in [-0.4, -0.2) is 37.6 Å². The Balaban J connectivity index is 2.01. The lowest BCUT2D eigenvalue weighted by molar-refractivity contribution is 0.271. The Morgan fingerprint density at radius 2 is 1.68 bits per heavy atom. The van der Waals surface area contributed by atoms with Crippen molar-refractivity contribution in [2.75, 3.05) is 37.6 Å². The molecule has 0 N–H and O–H groups in total. The summed E-state index contributed by atoms with van der Waals surface area (Å²) in [7, 11) is 0. The Kier molecular flexibility index (Phi) is 6.03. The molecule has 1 fully saturated rings. The standard InChI is InChI=1S/C22H29ClN2/c1-4-17(3)20-15-19(25-13-11-24(5-2)12-14-25)16-21(22(20)23)18-9-7-6-8-10-18/h6-10,15-17H,4-5,11-14H2,1-3H3. The van der Waals surface area contributed by atoms with Crippen molar-refractivity contribution in [1.29, 1.82) is 0 Å². The first kappa shape index (κ1) is 18.3. The van der Waals surface area contributed by atoms with E-state index in [-0.39, 0.29) is 0 Å². The van der Waals surface area contributed by atoms with E-state index < -0.39 is 0 Å². The summed E-state index contributed by atoms with van der Waals surface area (Å²) in [5.41, 5.74) is 4.95. The second-order valence-corrected chi connectivity index (χ2v) is 7.37. The van der Waals surface area contributed by atoms with Gasteiger partial charge in [-0.05, 0) is 42.1 Å². The van der Waals surface area contributed by atoms with Gasteiger partial charge < -0.3 is 9.80 Å². The fourth-order valence-electron chi connectivity index (χ4n) is 3.54. The number of nitrogens with zero attached hydrogens (tertiary/aromatic N) is 2. The zero-order valence-electron chi connectivity index (χ0n) is 15.6. The van der Waals surface area contributed by atoms with Gasteiger partial charge in [0.25, 0.3) is 0 Å². The van der Waals surface area contributed by atoms with Crippen molar-refractivity contribution in [3.63, 3.8) is 0 Å². The van der Waals surface area contributed by atoms with E-state index in [1.807, 2.05) is 0 Å². The summed E-state index contributed by atoms with van der Waals surface area (Å²) in [6, 6.07) is 15.1. The fourth-order valence-corrected chi connectivity index (χ4v) is 3.95. The van der Waals surface area contributed by atoms with Gasteiger partial charge in [0.2, 0.25) is 0 Å². The molecule has 3 rings (SSSR count). The summed E-state index contributed by atoms with van der Waals surface area (Å²) in [6.07, 6.45) is 1.10.